The maximum absolute atomic E-state index is 13.2. The Labute approximate surface area is 124 Å². The first-order valence-corrected chi connectivity index (χ1v) is 7.01. The summed E-state index contributed by atoms with van der Waals surface area (Å²) in [7, 11) is 1.88. The van der Waals surface area contributed by atoms with Gasteiger partial charge in [0.1, 0.15) is 12.4 Å². The van der Waals surface area contributed by atoms with Crippen LogP contribution in [0, 0.1) is 5.82 Å². The molecule has 0 bridgehead atoms. The summed E-state index contributed by atoms with van der Waals surface area (Å²) in [5.41, 5.74) is 1.80. The van der Waals surface area contributed by atoms with Gasteiger partial charge in [0.05, 0.1) is 6.61 Å². The maximum atomic E-state index is 13.2. The van der Waals surface area contributed by atoms with E-state index in [-0.39, 0.29) is 5.82 Å². The van der Waals surface area contributed by atoms with Gasteiger partial charge in [-0.2, -0.15) is 0 Å². The van der Waals surface area contributed by atoms with E-state index in [1.54, 1.807) is 6.07 Å². The van der Waals surface area contributed by atoms with Crippen molar-refractivity contribution in [3.63, 3.8) is 0 Å². The molecular weight excluding hydrogens is 269 g/mol. The lowest BCUT2D eigenvalue weighted by molar-refractivity contribution is 0.266. The van der Waals surface area contributed by atoms with Gasteiger partial charge >= 0.3 is 0 Å². The molecule has 4 heteroatoms. The van der Waals surface area contributed by atoms with Crippen molar-refractivity contribution in [1.29, 1.82) is 0 Å². The lowest BCUT2D eigenvalue weighted by Gasteiger charge is -2.16. The predicted octanol–water partition coefficient (Wildman–Crippen LogP) is 3.52. The number of ether oxygens (including phenoxy) is 2. The second-order valence-corrected chi connectivity index (χ2v) is 4.63. The Hall–Kier alpha value is -2.07. The van der Waals surface area contributed by atoms with Crippen LogP contribution in [0.5, 0.6) is 11.5 Å². The van der Waals surface area contributed by atoms with Crippen molar-refractivity contribution in [2.75, 3.05) is 13.7 Å². The van der Waals surface area contributed by atoms with Crippen molar-refractivity contribution in [3.8, 4) is 11.5 Å². The third kappa shape index (κ3) is 4.20. The number of benzene rings is 2. The highest BCUT2D eigenvalue weighted by molar-refractivity contribution is 5.46. The molecule has 0 amide bonds. The van der Waals surface area contributed by atoms with Crippen LogP contribution in [0.4, 0.5) is 4.39 Å². The molecule has 2 aromatic rings. The minimum Gasteiger partial charge on any atom is -0.490 e. The third-order valence-electron chi connectivity index (χ3n) is 3.00. The molecule has 0 aliphatic rings. The molecule has 0 aromatic heterocycles. The van der Waals surface area contributed by atoms with Gasteiger partial charge in [0.15, 0.2) is 11.5 Å². The lowest BCUT2D eigenvalue weighted by Crippen LogP contribution is -2.09. The molecule has 0 spiro atoms. The van der Waals surface area contributed by atoms with Crippen molar-refractivity contribution >= 4 is 0 Å². The summed E-state index contributed by atoms with van der Waals surface area (Å²) in [5, 5.41) is 3.11. The molecule has 2 aromatic carbocycles. The zero-order chi connectivity index (χ0) is 15.1. The van der Waals surface area contributed by atoms with Gasteiger partial charge in [0.25, 0.3) is 0 Å². The van der Waals surface area contributed by atoms with Crippen LogP contribution in [0.15, 0.2) is 42.5 Å². The Morgan fingerprint density at radius 1 is 1.10 bits per heavy atom. The van der Waals surface area contributed by atoms with Gasteiger partial charge in [-0.1, -0.05) is 24.3 Å². The fourth-order valence-electron chi connectivity index (χ4n) is 2.11. The average molecular weight is 289 g/mol. The van der Waals surface area contributed by atoms with E-state index in [0.29, 0.717) is 31.3 Å². The van der Waals surface area contributed by atoms with Gasteiger partial charge in [-0.05, 0) is 37.7 Å². The Morgan fingerprint density at radius 3 is 2.62 bits per heavy atom. The van der Waals surface area contributed by atoms with Gasteiger partial charge < -0.3 is 14.8 Å². The fourth-order valence-corrected chi connectivity index (χ4v) is 2.11. The number of para-hydroxylation sites is 1. The van der Waals surface area contributed by atoms with Crippen LogP contribution in [-0.4, -0.2) is 13.7 Å². The summed E-state index contributed by atoms with van der Waals surface area (Å²) in [4.78, 5) is 0. The number of nitrogens with one attached hydrogen (secondary N) is 1. The Balaban J connectivity index is 2.20. The van der Waals surface area contributed by atoms with Crippen molar-refractivity contribution in [2.45, 2.75) is 20.1 Å². The van der Waals surface area contributed by atoms with E-state index in [4.69, 9.17) is 9.47 Å². The van der Waals surface area contributed by atoms with Crippen LogP contribution >= 0.6 is 0 Å². The minimum absolute atomic E-state index is 0.260. The highest BCUT2D eigenvalue weighted by atomic mass is 19.1. The van der Waals surface area contributed by atoms with Gasteiger partial charge in [0.2, 0.25) is 0 Å². The fraction of sp³-hybridized carbons (Fsp3) is 0.294. The van der Waals surface area contributed by atoms with E-state index in [2.05, 4.69) is 5.32 Å². The van der Waals surface area contributed by atoms with E-state index < -0.39 is 0 Å². The zero-order valence-corrected chi connectivity index (χ0v) is 12.4. The quantitative estimate of drug-likeness (QED) is 0.846. The zero-order valence-electron chi connectivity index (χ0n) is 12.4. The van der Waals surface area contributed by atoms with Crippen molar-refractivity contribution < 1.29 is 13.9 Å². The Morgan fingerprint density at radius 2 is 1.90 bits per heavy atom. The van der Waals surface area contributed by atoms with E-state index in [9.17, 15) is 4.39 Å². The van der Waals surface area contributed by atoms with E-state index in [1.807, 2.05) is 38.2 Å². The molecule has 0 aliphatic carbocycles. The number of hydrogen-bond acceptors (Lipinski definition) is 3. The molecule has 0 saturated carbocycles. The third-order valence-corrected chi connectivity index (χ3v) is 3.00. The molecule has 2 rings (SSSR count). The first-order valence-electron chi connectivity index (χ1n) is 7.01. The molecule has 0 radical (unpaired) electrons. The SMILES string of the molecule is CCOc1cccc(CNC)c1OCc1cccc(F)c1. The van der Waals surface area contributed by atoms with Crippen molar-refractivity contribution in [1.82, 2.24) is 5.32 Å². The van der Waals surface area contributed by atoms with Crippen molar-refractivity contribution in [2.24, 2.45) is 0 Å². The van der Waals surface area contributed by atoms with E-state index in [1.165, 1.54) is 12.1 Å². The van der Waals surface area contributed by atoms with Gasteiger partial charge in [0, 0.05) is 12.1 Å². The maximum Gasteiger partial charge on any atom is 0.166 e. The smallest absolute Gasteiger partial charge is 0.166 e. The molecule has 0 heterocycles. The monoisotopic (exact) mass is 289 g/mol. The number of rotatable bonds is 7. The van der Waals surface area contributed by atoms with Crippen molar-refractivity contribution in [3.05, 3.63) is 59.4 Å². The second kappa shape index (κ2) is 7.64. The van der Waals surface area contributed by atoms with E-state index >= 15 is 0 Å². The molecule has 1 N–H and O–H groups in total. The predicted molar refractivity (Wildman–Crippen MR) is 81.1 cm³/mol. The van der Waals surface area contributed by atoms with Crippen LogP contribution in [0.3, 0.4) is 0 Å². The van der Waals surface area contributed by atoms with Gasteiger partial charge in [-0.25, -0.2) is 4.39 Å². The molecule has 0 saturated heterocycles. The molecule has 3 nitrogen and oxygen atoms in total. The largest absolute Gasteiger partial charge is 0.490 e. The highest BCUT2D eigenvalue weighted by Gasteiger charge is 2.11. The summed E-state index contributed by atoms with van der Waals surface area (Å²) in [6.07, 6.45) is 0. The normalized spacial score (nSPS) is 10.4. The molecule has 21 heavy (non-hydrogen) atoms. The van der Waals surface area contributed by atoms with Crippen LogP contribution in [0.25, 0.3) is 0 Å². The summed E-state index contributed by atoms with van der Waals surface area (Å²) in [6, 6.07) is 12.2. The second-order valence-electron chi connectivity index (χ2n) is 4.63. The average Bonchev–Trinajstić information content (AvgIpc) is 2.47. The van der Waals surface area contributed by atoms with Crippen LogP contribution in [-0.2, 0) is 13.2 Å². The van der Waals surface area contributed by atoms with Crippen LogP contribution in [0.2, 0.25) is 0 Å². The standard InChI is InChI=1S/C17H20FNO2/c1-3-20-16-9-5-7-14(11-19-2)17(16)21-12-13-6-4-8-15(18)10-13/h4-10,19H,3,11-12H2,1-2H3. The topological polar surface area (TPSA) is 30.5 Å². The minimum atomic E-state index is -0.260. The molecule has 0 unspecified atom stereocenters. The molecular formula is C17H20FNO2. The summed E-state index contributed by atoms with van der Waals surface area (Å²) in [5.74, 6) is 1.16. The van der Waals surface area contributed by atoms with E-state index in [0.717, 1.165) is 11.1 Å². The molecule has 112 valence electrons. The molecule has 0 aliphatic heterocycles. The highest BCUT2D eigenvalue weighted by Crippen LogP contribution is 2.32. The van der Waals surface area contributed by atoms with Crippen LogP contribution in [0.1, 0.15) is 18.1 Å². The first-order chi connectivity index (χ1) is 10.2. The summed E-state index contributed by atoms with van der Waals surface area (Å²) < 4.78 is 24.7. The summed E-state index contributed by atoms with van der Waals surface area (Å²) >= 11 is 0. The summed E-state index contributed by atoms with van der Waals surface area (Å²) in [6.45, 7) is 3.48. The number of hydrogen-bond donors (Lipinski definition) is 1. The van der Waals surface area contributed by atoms with Gasteiger partial charge in [-0.3, -0.25) is 0 Å². The first kappa shape index (κ1) is 15.3. The Kier molecular flexibility index (Phi) is 5.58. The Bertz CT molecular complexity index is 563. The molecule has 0 atom stereocenters. The molecule has 0 fully saturated rings. The number of halogens is 1. The van der Waals surface area contributed by atoms with Crippen LogP contribution < -0.4 is 14.8 Å². The lowest BCUT2D eigenvalue weighted by atomic mass is 10.1. The van der Waals surface area contributed by atoms with Gasteiger partial charge in [-0.15, -0.1) is 0 Å².